The van der Waals surface area contributed by atoms with E-state index in [0.717, 1.165) is 0 Å². The molecule has 0 saturated heterocycles. The molecule has 5 nitrogen and oxygen atoms in total. The van der Waals surface area contributed by atoms with Crippen molar-refractivity contribution < 1.29 is 15.0 Å². The highest BCUT2D eigenvalue weighted by atomic mass is 79.9. The Morgan fingerprint density at radius 3 is 2.86 bits per heavy atom. The Labute approximate surface area is 86.8 Å². The minimum absolute atomic E-state index is 0.00935. The summed E-state index contributed by atoms with van der Waals surface area (Å²) < 4.78 is 1.75. The number of aromatic carboxylic acids is 1. The number of rotatable bonds is 1. The predicted octanol–water partition coefficient (Wildman–Crippen LogP) is 1.50. The number of aromatic hydroxyl groups is 1. The van der Waals surface area contributed by atoms with Crippen molar-refractivity contribution in [3.8, 4) is 5.75 Å². The van der Waals surface area contributed by atoms with E-state index in [9.17, 15) is 9.90 Å². The molecule has 0 spiro atoms. The van der Waals surface area contributed by atoms with Crippen LogP contribution in [0.1, 0.15) is 10.6 Å². The Bertz CT molecular complexity index is 521. The van der Waals surface area contributed by atoms with Gasteiger partial charge in [0.05, 0.1) is 11.7 Å². The fraction of sp³-hybridized carbons (Fsp3) is 0. The molecular formula is C8H5BrN2O3. The Morgan fingerprint density at radius 2 is 2.21 bits per heavy atom. The van der Waals surface area contributed by atoms with Crippen molar-refractivity contribution in [2.45, 2.75) is 0 Å². The first-order valence-corrected chi connectivity index (χ1v) is 4.49. The summed E-state index contributed by atoms with van der Waals surface area (Å²) in [6.45, 7) is 0. The molecule has 6 heteroatoms. The number of pyridine rings is 1. The average molecular weight is 257 g/mol. The number of aromatic nitrogens is 2. The van der Waals surface area contributed by atoms with Gasteiger partial charge in [0.1, 0.15) is 10.4 Å². The minimum atomic E-state index is -1.14. The quantitative estimate of drug-likeness (QED) is 0.811. The number of carboxylic acids is 1. The molecule has 0 aliphatic rings. The molecule has 0 aliphatic heterocycles. The molecule has 72 valence electrons. The monoisotopic (exact) mass is 256 g/mol. The Hall–Kier alpha value is -1.56. The standard InChI is InChI=1S/C8H5BrN2O3/c9-6-5-2-1-4(12)3-11(5)7(10-6)8(13)14/h1-3,12H,(H,13,14). The first-order chi connectivity index (χ1) is 6.59. The van der Waals surface area contributed by atoms with Gasteiger partial charge < -0.3 is 10.2 Å². The minimum Gasteiger partial charge on any atom is -0.506 e. The SMILES string of the molecule is O=C(O)c1nc(Br)c2ccc(O)cn12. The van der Waals surface area contributed by atoms with Crippen LogP contribution < -0.4 is 0 Å². The van der Waals surface area contributed by atoms with Gasteiger partial charge in [0.25, 0.3) is 0 Å². The van der Waals surface area contributed by atoms with Gasteiger partial charge in [-0.1, -0.05) is 0 Å². The molecule has 0 atom stereocenters. The van der Waals surface area contributed by atoms with Crippen LogP contribution in [-0.2, 0) is 0 Å². The summed E-state index contributed by atoms with van der Waals surface area (Å²) >= 11 is 3.13. The molecule has 0 saturated carbocycles. The second-order valence-electron chi connectivity index (χ2n) is 2.67. The number of imidazole rings is 1. The molecule has 0 aromatic carbocycles. The van der Waals surface area contributed by atoms with Crippen LogP contribution >= 0.6 is 15.9 Å². The Balaban J connectivity index is 2.85. The third-order valence-electron chi connectivity index (χ3n) is 1.77. The van der Waals surface area contributed by atoms with Crippen LogP contribution in [0.15, 0.2) is 22.9 Å². The molecule has 0 fully saturated rings. The van der Waals surface area contributed by atoms with Crippen LogP contribution in [-0.4, -0.2) is 25.6 Å². The molecule has 2 N–H and O–H groups in total. The average Bonchev–Trinajstić information content (AvgIpc) is 2.43. The first kappa shape index (κ1) is 9.01. The van der Waals surface area contributed by atoms with E-state index in [1.54, 1.807) is 6.07 Å². The number of carbonyl (C=O) groups is 1. The van der Waals surface area contributed by atoms with Crippen molar-refractivity contribution in [1.29, 1.82) is 0 Å². The lowest BCUT2D eigenvalue weighted by molar-refractivity contribution is 0.0682. The number of hydrogen-bond donors (Lipinski definition) is 2. The smallest absolute Gasteiger partial charge is 0.372 e. The fourth-order valence-electron chi connectivity index (χ4n) is 1.19. The highest BCUT2D eigenvalue weighted by molar-refractivity contribution is 9.10. The summed E-state index contributed by atoms with van der Waals surface area (Å²) in [5, 5.41) is 18.0. The van der Waals surface area contributed by atoms with Crippen molar-refractivity contribution >= 4 is 27.4 Å². The van der Waals surface area contributed by atoms with E-state index in [0.29, 0.717) is 10.1 Å². The normalized spacial score (nSPS) is 10.6. The number of halogens is 1. The molecule has 0 amide bonds. The summed E-state index contributed by atoms with van der Waals surface area (Å²) in [4.78, 5) is 14.6. The first-order valence-electron chi connectivity index (χ1n) is 3.69. The van der Waals surface area contributed by atoms with Gasteiger partial charge in [-0.2, -0.15) is 0 Å². The van der Waals surface area contributed by atoms with Crippen LogP contribution in [0.25, 0.3) is 5.52 Å². The van der Waals surface area contributed by atoms with E-state index >= 15 is 0 Å². The van der Waals surface area contributed by atoms with Crippen molar-refractivity contribution in [3.05, 3.63) is 28.8 Å². The molecule has 0 unspecified atom stereocenters. The van der Waals surface area contributed by atoms with Crippen molar-refractivity contribution in [2.75, 3.05) is 0 Å². The molecule has 0 bridgehead atoms. The summed E-state index contributed by atoms with van der Waals surface area (Å²) in [6, 6.07) is 3.05. The van der Waals surface area contributed by atoms with E-state index in [2.05, 4.69) is 20.9 Å². The molecule has 14 heavy (non-hydrogen) atoms. The maximum absolute atomic E-state index is 10.8. The van der Waals surface area contributed by atoms with E-state index in [1.165, 1.54) is 16.7 Å². The maximum atomic E-state index is 10.8. The highest BCUT2D eigenvalue weighted by Gasteiger charge is 2.14. The highest BCUT2D eigenvalue weighted by Crippen LogP contribution is 2.21. The zero-order chi connectivity index (χ0) is 10.3. The number of hydrogen-bond acceptors (Lipinski definition) is 3. The lowest BCUT2D eigenvalue weighted by Crippen LogP contribution is -2.02. The van der Waals surface area contributed by atoms with Crippen molar-refractivity contribution in [3.63, 3.8) is 0 Å². The largest absolute Gasteiger partial charge is 0.506 e. The topological polar surface area (TPSA) is 74.8 Å². The lowest BCUT2D eigenvalue weighted by atomic mass is 10.4. The summed E-state index contributed by atoms with van der Waals surface area (Å²) in [5.74, 6) is -1.29. The van der Waals surface area contributed by atoms with Crippen LogP contribution in [0.4, 0.5) is 0 Å². The summed E-state index contributed by atoms with van der Waals surface area (Å²) in [5.41, 5.74) is 0.597. The summed E-state index contributed by atoms with van der Waals surface area (Å²) in [7, 11) is 0. The Kier molecular flexibility index (Phi) is 1.92. The third-order valence-corrected chi connectivity index (χ3v) is 2.35. The molecule has 0 radical (unpaired) electrons. The van der Waals surface area contributed by atoms with E-state index < -0.39 is 5.97 Å². The van der Waals surface area contributed by atoms with Gasteiger partial charge in [-0.15, -0.1) is 0 Å². The van der Waals surface area contributed by atoms with Crippen LogP contribution in [0, 0.1) is 0 Å². The Morgan fingerprint density at radius 1 is 1.50 bits per heavy atom. The van der Waals surface area contributed by atoms with Crippen LogP contribution in [0.5, 0.6) is 5.75 Å². The maximum Gasteiger partial charge on any atom is 0.372 e. The van der Waals surface area contributed by atoms with E-state index in [4.69, 9.17) is 5.11 Å². The second-order valence-corrected chi connectivity index (χ2v) is 3.43. The number of fused-ring (bicyclic) bond motifs is 1. The van der Waals surface area contributed by atoms with Gasteiger partial charge in [-0.3, -0.25) is 4.40 Å². The van der Waals surface area contributed by atoms with Gasteiger partial charge in [0.2, 0.25) is 5.82 Å². The van der Waals surface area contributed by atoms with Crippen molar-refractivity contribution in [2.24, 2.45) is 0 Å². The third kappa shape index (κ3) is 1.24. The lowest BCUT2D eigenvalue weighted by Gasteiger charge is -1.96. The molecule has 2 aromatic rings. The van der Waals surface area contributed by atoms with Crippen molar-refractivity contribution in [1.82, 2.24) is 9.38 Å². The molecule has 0 aliphatic carbocycles. The molecule has 2 heterocycles. The number of carboxylic acid groups (broad SMARTS) is 1. The van der Waals surface area contributed by atoms with Gasteiger partial charge in [-0.05, 0) is 28.1 Å². The fourth-order valence-corrected chi connectivity index (χ4v) is 1.68. The van der Waals surface area contributed by atoms with Gasteiger partial charge in [0.15, 0.2) is 0 Å². The molecule has 2 rings (SSSR count). The second kappa shape index (κ2) is 2.98. The van der Waals surface area contributed by atoms with Crippen LogP contribution in [0.3, 0.4) is 0 Å². The van der Waals surface area contributed by atoms with Gasteiger partial charge in [-0.25, -0.2) is 9.78 Å². The number of nitrogens with zero attached hydrogens (tertiary/aromatic N) is 2. The van der Waals surface area contributed by atoms with Crippen LogP contribution in [0.2, 0.25) is 0 Å². The zero-order valence-corrected chi connectivity index (χ0v) is 8.39. The van der Waals surface area contributed by atoms with Gasteiger partial charge >= 0.3 is 5.97 Å². The van der Waals surface area contributed by atoms with Gasteiger partial charge in [0, 0.05) is 0 Å². The van der Waals surface area contributed by atoms with E-state index in [1.807, 2.05) is 0 Å². The van der Waals surface area contributed by atoms with E-state index in [-0.39, 0.29) is 11.6 Å². The zero-order valence-electron chi connectivity index (χ0n) is 6.81. The molecular weight excluding hydrogens is 252 g/mol. The molecule has 2 aromatic heterocycles. The predicted molar refractivity (Wildman–Crippen MR) is 51.5 cm³/mol. The summed E-state index contributed by atoms with van der Waals surface area (Å²) in [6.07, 6.45) is 1.30.